The van der Waals surface area contributed by atoms with Gasteiger partial charge in [-0.3, -0.25) is 9.59 Å². The Hall–Kier alpha value is -1.94. The molecule has 1 aromatic carbocycles. The Bertz CT molecular complexity index is 846. The van der Waals surface area contributed by atoms with Gasteiger partial charge in [0.15, 0.2) is 5.78 Å². The molecule has 1 amide bonds. The van der Waals surface area contributed by atoms with Crippen LogP contribution in [0.25, 0.3) is 0 Å². The van der Waals surface area contributed by atoms with E-state index in [1.54, 1.807) is 0 Å². The van der Waals surface area contributed by atoms with Gasteiger partial charge in [-0.25, -0.2) is 0 Å². The number of nitrogens with zero attached hydrogens (tertiary/aromatic N) is 1. The fourth-order valence-corrected chi connectivity index (χ4v) is 5.06. The summed E-state index contributed by atoms with van der Waals surface area (Å²) < 4.78 is 0. The fourth-order valence-electron chi connectivity index (χ4n) is 4.29. The topological polar surface area (TPSA) is 37.4 Å². The van der Waals surface area contributed by atoms with Crippen molar-refractivity contribution in [3.05, 3.63) is 57.8 Å². The predicted octanol–water partition coefficient (Wildman–Crippen LogP) is 7.12. The number of Topliss-reactive ketones (excluding diaryl/α,β-unsaturated/α-hetero) is 1. The lowest BCUT2D eigenvalue weighted by atomic mass is 9.73. The Balaban J connectivity index is 2.30. The van der Waals surface area contributed by atoms with Crippen molar-refractivity contribution < 1.29 is 9.59 Å². The number of hydrogen-bond acceptors (Lipinski definition) is 3. The zero-order valence-electron chi connectivity index (χ0n) is 20.3. The van der Waals surface area contributed by atoms with Gasteiger partial charge in [-0.15, -0.1) is 11.3 Å². The first kappa shape index (κ1) is 25.3. The smallest absolute Gasteiger partial charge is 0.237 e. The molecule has 0 aliphatic carbocycles. The Labute approximate surface area is 192 Å². The van der Waals surface area contributed by atoms with Gasteiger partial charge in [0.2, 0.25) is 5.91 Å². The standard InChI is InChI=1S/C27H39NO2S/c1-8-27(24(29)23-13-11-19-31-23,25(30)28(9-2)26(5,6)7)18-10-12-21-14-16-22(17-15-21)20(3)4/h11,13-17,19-20H,8-10,12,18H2,1-7H3. The van der Waals surface area contributed by atoms with Gasteiger partial charge in [0.1, 0.15) is 5.41 Å². The van der Waals surface area contributed by atoms with E-state index >= 15 is 0 Å². The van der Waals surface area contributed by atoms with Crippen LogP contribution in [0.4, 0.5) is 0 Å². The molecule has 0 radical (unpaired) electrons. The molecule has 0 saturated carbocycles. The molecule has 1 atom stereocenters. The van der Waals surface area contributed by atoms with Gasteiger partial charge in [-0.2, -0.15) is 0 Å². The Morgan fingerprint density at radius 1 is 1.03 bits per heavy atom. The van der Waals surface area contributed by atoms with Gasteiger partial charge in [0, 0.05) is 12.1 Å². The lowest BCUT2D eigenvalue weighted by Crippen LogP contribution is -2.54. The number of carbonyl (C=O) groups is 2. The van der Waals surface area contributed by atoms with E-state index in [1.165, 1.54) is 22.5 Å². The van der Waals surface area contributed by atoms with E-state index in [2.05, 4.69) is 38.1 Å². The maximum Gasteiger partial charge on any atom is 0.237 e. The molecule has 1 unspecified atom stereocenters. The molecule has 0 saturated heterocycles. The second kappa shape index (κ2) is 10.6. The van der Waals surface area contributed by atoms with Gasteiger partial charge in [0.25, 0.3) is 0 Å². The van der Waals surface area contributed by atoms with Gasteiger partial charge in [-0.1, -0.05) is 51.1 Å². The average Bonchev–Trinajstić information content (AvgIpc) is 3.25. The number of carbonyl (C=O) groups excluding carboxylic acids is 2. The minimum atomic E-state index is -1.01. The van der Waals surface area contributed by atoms with E-state index < -0.39 is 5.41 Å². The molecule has 4 heteroatoms. The SMILES string of the molecule is CCN(C(=O)C(CC)(CCCc1ccc(C(C)C)cc1)C(=O)c1cccs1)C(C)(C)C. The quantitative estimate of drug-likeness (QED) is 0.291. The molecular formula is C27H39NO2S. The molecule has 1 heterocycles. The van der Waals surface area contributed by atoms with E-state index in [9.17, 15) is 9.59 Å². The van der Waals surface area contributed by atoms with Crippen LogP contribution in [0.5, 0.6) is 0 Å². The van der Waals surface area contributed by atoms with Crippen LogP contribution >= 0.6 is 11.3 Å². The Kier molecular flexibility index (Phi) is 8.65. The van der Waals surface area contributed by atoms with E-state index in [4.69, 9.17) is 0 Å². The van der Waals surface area contributed by atoms with Crippen molar-refractivity contribution in [3.63, 3.8) is 0 Å². The number of thiophene rings is 1. The molecule has 0 aliphatic heterocycles. The minimum absolute atomic E-state index is 0.0205. The first-order valence-corrected chi connectivity index (χ1v) is 12.4. The minimum Gasteiger partial charge on any atom is -0.337 e. The number of ketones is 1. The Morgan fingerprint density at radius 3 is 2.13 bits per heavy atom. The zero-order valence-corrected chi connectivity index (χ0v) is 21.1. The maximum absolute atomic E-state index is 13.9. The molecule has 0 fully saturated rings. The molecule has 2 rings (SSSR count). The summed E-state index contributed by atoms with van der Waals surface area (Å²) in [7, 11) is 0. The van der Waals surface area contributed by atoms with E-state index in [1.807, 2.05) is 57.0 Å². The molecule has 3 nitrogen and oxygen atoms in total. The second-order valence-electron chi connectivity index (χ2n) is 9.71. The highest BCUT2D eigenvalue weighted by Crippen LogP contribution is 2.38. The van der Waals surface area contributed by atoms with Gasteiger partial charge in [0.05, 0.1) is 4.88 Å². The summed E-state index contributed by atoms with van der Waals surface area (Å²) in [6.45, 7) is 15.1. The molecular weight excluding hydrogens is 402 g/mol. The number of benzene rings is 1. The van der Waals surface area contributed by atoms with E-state index in [0.29, 0.717) is 30.2 Å². The van der Waals surface area contributed by atoms with Crippen molar-refractivity contribution in [1.82, 2.24) is 4.90 Å². The first-order chi connectivity index (χ1) is 14.6. The van der Waals surface area contributed by atoms with Crippen molar-refractivity contribution >= 4 is 23.0 Å². The van der Waals surface area contributed by atoms with Crippen molar-refractivity contribution in [2.75, 3.05) is 6.54 Å². The molecule has 2 aromatic rings. The third-order valence-electron chi connectivity index (χ3n) is 6.28. The summed E-state index contributed by atoms with van der Waals surface area (Å²) in [4.78, 5) is 30.1. The number of hydrogen-bond donors (Lipinski definition) is 0. The van der Waals surface area contributed by atoms with Crippen LogP contribution in [0.2, 0.25) is 0 Å². The first-order valence-electron chi connectivity index (χ1n) is 11.6. The highest BCUT2D eigenvalue weighted by atomic mass is 32.1. The molecule has 0 N–H and O–H groups in total. The molecule has 170 valence electrons. The highest BCUT2D eigenvalue weighted by Gasteiger charge is 2.48. The van der Waals surface area contributed by atoms with Crippen molar-refractivity contribution in [3.8, 4) is 0 Å². The number of aryl methyl sites for hydroxylation is 1. The van der Waals surface area contributed by atoms with E-state index in [-0.39, 0.29) is 17.2 Å². The summed E-state index contributed by atoms with van der Waals surface area (Å²) in [5.41, 5.74) is 1.26. The van der Waals surface area contributed by atoms with Crippen LogP contribution in [-0.2, 0) is 11.2 Å². The molecule has 31 heavy (non-hydrogen) atoms. The third kappa shape index (κ3) is 5.85. The normalized spacial score (nSPS) is 13.8. The average molecular weight is 442 g/mol. The summed E-state index contributed by atoms with van der Waals surface area (Å²) in [6.07, 6.45) is 2.76. The van der Waals surface area contributed by atoms with Gasteiger partial charge >= 0.3 is 0 Å². The lowest BCUT2D eigenvalue weighted by Gasteiger charge is -2.42. The summed E-state index contributed by atoms with van der Waals surface area (Å²) in [5.74, 6) is 0.465. The van der Waals surface area contributed by atoms with Crippen LogP contribution in [0.15, 0.2) is 41.8 Å². The number of rotatable bonds is 10. The third-order valence-corrected chi connectivity index (χ3v) is 7.15. The second-order valence-corrected chi connectivity index (χ2v) is 10.7. The number of amides is 1. The van der Waals surface area contributed by atoms with Crippen molar-refractivity contribution in [2.45, 2.75) is 85.6 Å². The maximum atomic E-state index is 13.9. The lowest BCUT2D eigenvalue weighted by molar-refractivity contribution is -0.144. The Morgan fingerprint density at radius 2 is 1.68 bits per heavy atom. The zero-order chi connectivity index (χ0) is 23.2. The molecule has 1 aromatic heterocycles. The van der Waals surface area contributed by atoms with Crippen molar-refractivity contribution in [1.29, 1.82) is 0 Å². The molecule has 0 bridgehead atoms. The fraction of sp³-hybridized carbons (Fsp3) is 0.556. The van der Waals surface area contributed by atoms with Crippen LogP contribution < -0.4 is 0 Å². The summed E-state index contributed by atoms with van der Waals surface area (Å²) >= 11 is 1.43. The van der Waals surface area contributed by atoms with E-state index in [0.717, 1.165) is 12.8 Å². The summed E-state index contributed by atoms with van der Waals surface area (Å²) in [5, 5.41) is 1.91. The van der Waals surface area contributed by atoms with Crippen molar-refractivity contribution in [2.24, 2.45) is 5.41 Å². The van der Waals surface area contributed by atoms with Crippen LogP contribution in [-0.4, -0.2) is 28.7 Å². The largest absolute Gasteiger partial charge is 0.337 e. The predicted molar refractivity (Wildman–Crippen MR) is 132 cm³/mol. The van der Waals surface area contributed by atoms with Gasteiger partial charge < -0.3 is 4.90 Å². The highest BCUT2D eigenvalue weighted by molar-refractivity contribution is 7.12. The van der Waals surface area contributed by atoms with Gasteiger partial charge in [-0.05, 0) is 81.9 Å². The van der Waals surface area contributed by atoms with Crippen LogP contribution in [0.1, 0.15) is 94.4 Å². The van der Waals surface area contributed by atoms with Crippen LogP contribution in [0, 0.1) is 5.41 Å². The van der Waals surface area contributed by atoms with Crippen LogP contribution in [0.3, 0.4) is 0 Å². The monoisotopic (exact) mass is 441 g/mol. The molecule has 0 spiro atoms. The molecule has 0 aliphatic rings. The summed E-state index contributed by atoms with van der Waals surface area (Å²) in [6, 6.07) is 12.5.